The van der Waals surface area contributed by atoms with Gasteiger partial charge in [0.2, 0.25) is 0 Å². The number of benzene rings is 4. The molecule has 2 aromatic heterocycles. The number of hydrogen-bond acceptors (Lipinski definition) is 2. The van der Waals surface area contributed by atoms with Crippen molar-refractivity contribution in [1.29, 1.82) is 0 Å². The summed E-state index contributed by atoms with van der Waals surface area (Å²) in [5.41, 5.74) is 11.7. The van der Waals surface area contributed by atoms with Crippen molar-refractivity contribution in [3.05, 3.63) is 102 Å². The molecule has 0 aliphatic carbocycles. The maximum atomic E-state index is 8.16. The molecule has 0 atom stereocenters. The molecule has 2 aliphatic heterocycles. The van der Waals surface area contributed by atoms with Gasteiger partial charge in [-0.2, -0.15) is 0 Å². The second-order valence-electron chi connectivity index (χ2n) is 11.1. The van der Waals surface area contributed by atoms with Crippen LogP contribution in [0.25, 0.3) is 49.9 Å². The third-order valence-corrected chi connectivity index (χ3v) is 7.94. The summed E-state index contributed by atoms with van der Waals surface area (Å²) in [6.07, 6.45) is 1.51. The van der Waals surface area contributed by atoms with Gasteiger partial charge in [0, 0.05) is 32.2 Å². The maximum Gasteiger partial charge on any atom is 0.0948 e. The fourth-order valence-corrected chi connectivity index (χ4v) is 6.22. The average Bonchev–Trinajstić information content (AvgIpc) is 3.20. The highest BCUT2D eigenvalue weighted by Crippen LogP contribution is 2.57. The quantitative estimate of drug-likeness (QED) is 0.216. The van der Waals surface area contributed by atoms with Gasteiger partial charge < -0.3 is 9.47 Å². The lowest BCUT2D eigenvalue weighted by Gasteiger charge is -2.34. The van der Waals surface area contributed by atoms with Crippen molar-refractivity contribution in [2.75, 3.05) is 4.90 Å². The summed E-state index contributed by atoms with van der Waals surface area (Å²) in [5, 5.41) is 2.40. The van der Waals surface area contributed by atoms with E-state index in [-0.39, 0.29) is 11.0 Å². The van der Waals surface area contributed by atoms with Crippen LogP contribution in [0.15, 0.2) is 91.1 Å². The Hall–Kier alpha value is -4.37. The Bertz CT molecular complexity index is 2040. The fourth-order valence-electron chi connectivity index (χ4n) is 6.22. The molecule has 0 bridgehead atoms. The normalized spacial score (nSPS) is 14.9. The first-order chi connectivity index (χ1) is 19.1. The third kappa shape index (κ3) is 2.64. The summed E-state index contributed by atoms with van der Waals surface area (Å²) in [6.45, 7) is 4.48. The Morgan fingerprint density at radius 1 is 0.730 bits per heavy atom. The minimum Gasteiger partial charge on any atom is -0.305 e. The van der Waals surface area contributed by atoms with Crippen molar-refractivity contribution in [2.45, 2.75) is 33.0 Å². The number of pyridine rings is 1. The Morgan fingerprint density at radius 2 is 1.51 bits per heavy atom. The van der Waals surface area contributed by atoms with E-state index < -0.39 is 6.85 Å². The van der Waals surface area contributed by atoms with E-state index in [1.165, 1.54) is 22.5 Å². The van der Waals surface area contributed by atoms with Crippen molar-refractivity contribution >= 4 is 38.9 Å². The molecule has 0 amide bonds. The van der Waals surface area contributed by atoms with Crippen LogP contribution in [0.4, 0.5) is 17.1 Å². The van der Waals surface area contributed by atoms with E-state index in [0.29, 0.717) is 0 Å². The van der Waals surface area contributed by atoms with E-state index in [1.807, 2.05) is 18.2 Å². The molecule has 3 nitrogen and oxygen atoms in total. The van der Waals surface area contributed by atoms with Gasteiger partial charge >= 0.3 is 0 Å². The SMILES string of the molecule is [2H]C([2H])([2H])c1cnc2c(c1)N1c3ccccc3-n3c4ccc(C(C)(C)C)cc4c4ccc(c1c43)-c1ccccc1-2. The van der Waals surface area contributed by atoms with Crippen molar-refractivity contribution in [3.63, 3.8) is 0 Å². The molecule has 0 saturated carbocycles. The molecule has 0 fully saturated rings. The molecule has 0 saturated heterocycles. The highest BCUT2D eigenvalue weighted by molar-refractivity contribution is 6.21. The predicted molar refractivity (Wildman–Crippen MR) is 155 cm³/mol. The average molecular weight is 481 g/mol. The van der Waals surface area contributed by atoms with Crippen molar-refractivity contribution < 1.29 is 4.11 Å². The third-order valence-electron chi connectivity index (χ3n) is 7.94. The van der Waals surface area contributed by atoms with Gasteiger partial charge in [-0.15, -0.1) is 0 Å². The highest BCUT2D eigenvalue weighted by Gasteiger charge is 2.35. The molecule has 37 heavy (non-hydrogen) atoms. The molecule has 0 spiro atoms. The van der Waals surface area contributed by atoms with Gasteiger partial charge in [0.1, 0.15) is 0 Å². The smallest absolute Gasteiger partial charge is 0.0948 e. The minimum atomic E-state index is -2.27. The zero-order chi connectivity index (χ0) is 27.6. The number of aromatic nitrogens is 2. The zero-order valence-corrected chi connectivity index (χ0v) is 21.0. The highest BCUT2D eigenvalue weighted by atomic mass is 15.2. The fraction of sp³-hybridized carbons (Fsp3) is 0.147. The summed E-state index contributed by atoms with van der Waals surface area (Å²) < 4.78 is 26.9. The van der Waals surface area contributed by atoms with Crippen LogP contribution in [0.5, 0.6) is 0 Å². The minimum absolute atomic E-state index is 0.0215. The Morgan fingerprint density at radius 3 is 2.32 bits per heavy atom. The first-order valence-corrected chi connectivity index (χ1v) is 12.7. The van der Waals surface area contributed by atoms with Gasteiger partial charge in [0.15, 0.2) is 0 Å². The molecule has 0 unspecified atom stereocenters. The largest absolute Gasteiger partial charge is 0.305 e. The standard InChI is InChI=1S/C34H27N3/c1-20-17-30-31(35-19-20)23-10-6-5-9-22(23)24-14-15-25-26-18-21(34(2,3)4)13-16-27(26)36-28-11-7-8-12-29(28)37(30)32(24)33(25)36/h5-19H,1-4H3/i1D3. The summed E-state index contributed by atoms with van der Waals surface area (Å²) in [6, 6.07) is 29.8. The van der Waals surface area contributed by atoms with Crippen LogP contribution in [0.1, 0.15) is 36.0 Å². The van der Waals surface area contributed by atoms with Gasteiger partial charge in [0.25, 0.3) is 0 Å². The molecule has 0 radical (unpaired) electrons. The summed E-state index contributed by atoms with van der Waals surface area (Å²) in [7, 11) is 0. The van der Waals surface area contributed by atoms with E-state index >= 15 is 0 Å². The molecule has 8 rings (SSSR count). The molecule has 6 aromatic rings. The molecule has 3 heteroatoms. The van der Waals surface area contributed by atoms with Gasteiger partial charge in [-0.05, 0) is 59.3 Å². The van der Waals surface area contributed by atoms with Crippen molar-refractivity contribution in [2.24, 2.45) is 0 Å². The second-order valence-corrected chi connectivity index (χ2v) is 11.1. The molecule has 4 aromatic carbocycles. The summed E-state index contributed by atoms with van der Waals surface area (Å²) >= 11 is 0. The van der Waals surface area contributed by atoms with Gasteiger partial charge in [-0.25, -0.2) is 0 Å². The lowest BCUT2D eigenvalue weighted by molar-refractivity contribution is 0.591. The number of nitrogens with zero attached hydrogens (tertiary/aromatic N) is 3. The molecule has 178 valence electrons. The van der Waals surface area contributed by atoms with Gasteiger partial charge in [0.05, 0.1) is 39.5 Å². The first kappa shape index (κ1) is 18.0. The number of hydrogen-bond donors (Lipinski definition) is 0. The Labute approximate surface area is 220 Å². The molecular formula is C34H27N3. The van der Waals surface area contributed by atoms with E-state index in [2.05, 4.69) is 97.0 Å². The molecular weight excluding hydrogens is 450 g/mol. The van der Waals surface area contributed by atoms with Crippen LogP contribution < -0.4 is 4.90 Å². The predicted octanol–water partition coefficient (Wildman–Crippen LogP) is 9.22. The van der Waals surface area contributed by atoms with E-state index in [0.717, 1.165) is 56.2 Å². The maximum absolute atomic E-state index is 8.16. The summed E-state index contributed by atoms with van der Waals surface area (Å²) in [4.78, 5) is 7.06. The number of aryl methyl sites for hydroxylation is 1. The first-order valence-electron chi connectivity index (χ1n) is 14.2. The van der Waals surface area contributed by atoms with Gasteiger partial charge in [-0.3, -0.25) is 4.98 Å². The van der Waals surface area contributed by atoms with Crippen LogP contribution in [0.2, 0.25) is 0 Å². The van der Waals surface area contributed by atoms with E-state index in [4.69, 9.17) is 9.10 Å². The molecule has 0 N–H and O–H groups in total. The number of fused-ring (bicyclic) bond motifs is 11. The topological polar surface area (TPSA) is 21.1 Å². The number of para-hydroxylation sites is 2. The lowest BCUT2D eigenvalue weighted by Crippen LogP contribution is -2.19. The van der Waals surface area contributed by atoms with E-state index in [1.54, 1.807) is 0 Å². The van der Waals surface area contributed by atoms with Crippen LogP contribution >= 0.6 is 0 Å². The number of anilines is 3. The zero-order valence-electron chi connectivity index (χ0n) is 24.0. The second kappa shape index (κ2) is 6.89. The Kier molecular flexibility index (Phi) is 3.34. The van der Waals surface area contributed by atoms with Gasteiger partial charge in [-0.1, -0.05) is 75.4 Å². The monoisotopic (exact) mass is 480 g/mol. The van der Waals surface area contributed by atoms with Crippen LogP contribution in [-0.4, -0.2) is 9.55 Å². The van der Waals surface area contributed by atoms with Crippen LogP contribution in [0, 0.1) is 6.85 Å². The Balaban J connectivity index is 1.60. The van der Waals surface area contributed by atoms with E-state index in [9.17, 15) is 0 Å². The summed E-state index contributed by atoms with van der Waals surface area (Å²) in [5.74, 6) is 0. The van der Waals surface area contributed by atoms with Crippen LogP contribution in [-0.2, 0) is 5.41 Å². The lowest BCUT2D eigenvalue weighted by atomic mass is 9.86. The van der Waals surface area contributed by atoms with Crippen molar-refractivity contribution in [1.82, 2.24) is 9.55 Å². The molecule has 2 aliphatic rings. The molecule has 4 heterocycles. The number of rotatable bonds is 0. The van der Waals surface area contributed by atoms with Crippen molar-refractivity contribution in [3.8, 4) is 28.1 Å². The van der Waals surface area contributed by atoms with Crippen LogP contribution in [0.3, 0.4) is 0 Å².